The molecule has 1 aliphatic heterocycles. The van der Waals surface area contributed by atoms with E-state index in [1.165, 1.54) is 42.5 Å². The first-order valence-electron chi connectivity index (χ1n) is 7.99. The van der Waals surface area contributed by atoms with Gasteiger partial charge in [0.1, 0.15) is 0 Å². The van der Waals surface area contributed by atoms with Crippen molar-refractivity contribution in [1.82, 2.24) is 10.2 Å². The molecule has 1 fully saturated rings. The molecule has 1 aromatic rings. The van der Waals surface area contributed by atoms with Crippen LogP contribution in [0, 0.1) is 0 Å². The molecule has 1 saturated carbocycles. The van der Waals surface area contributed by atoms with Crippen LogP contribution >= 0.6 is 0 Å². The molecule has 1 aliphatic carbocycles. The average molecular weight is 270 g/mol. The van der Waals surface area contributed by atoms with Crippen LogP contribution in [-0.4, -0.2) is 30.6 Å². The Morgan fingerprint density at radius 3 is 2.60 bits per heavy atom. The largest absolute Gasteiger partial charge is 0.314 e. The SMILES string of the molecule is CC1=CCCN(Cc2ccc(CCNC3CC3)cc2)C1. The molecule has 20 heavy (non-hydrogen) atoms. The smallest absolute Gasteiger partial charge is 0.0237 e. The third-order valence-electron chi connectivity index (χ3n) is 4.26. The molecule has 1 N–H and O–H groups in total. The molecule has 0 bridgehead atoms. The molecule has 1 aromatic carbocycles. The topological polar surface area (TPSA) is 15.3 Å². The van der Waals surface area contributed by atoms with Crippen molar-refractivity contribution in [2.24, 2.45) is 0 Å². The van der Waals surface area contributed by atoms with Crippen molar-refractivity contribution in [3.05, 3.63) is 47.0 Å². The Kier molecular flexibility index (Phi) is 4.54. The minimum Gasteiger partial charge on any atom is -0.314 e. The number of hydrogen-bond acceptors (Lipinski definition) is 2. The summed E-state index contributed by atoms with van der Waals surface area (Å²) in [5.74, 6) is 0. The number of nitrogens with one attached hydrogen (secondary N) is 1. The first kappa shape index (κ1) is 13.8. The number of nitrogens with zero attached hydrogens (tertiary/aromatic N) is 1. The van der Waals surface area contributed by atoms with Gasteiger partial charge in [-0.05, 0) is 50.3 Å². The van der Waals surface area contributed by atoms with Crippen LogP contribution in [-0.2, 0) is 13.0 Å². The Balaban J connectivity index is 1.46. The molecular formula is C18H26N2. The van der Waals surface area contributed by atoms with E-state index in [-0.39, 0.29) is 0 Å². The van der Waals surface area contributed by atoms with Gasteiger partial charge in [-0.15, -0.1) is 0 Å². The first-order chi connectivity index (χ1) is 9.79. The van der Waals surface area contributed by atoms with E-state index in [9.17, 15) is 0 Å². The highest BCUT2D eigenvalue weighted by Crippen LogP contribution is 2.18. The third-order valence-corrected chi connectivity index (χ3v) is 4.26. The minimum atomic E-state index is 0.824. The number of hydrogen-bond donors (Lipinski definition) is 1. The maximum absolute atomic E-state index is 3.58. The molecule has 0 amide bonds. The van der Waals surface area contributed by atoms with Crippen LogP contribution in [0.5, 0.6) is 0 Å². The van der Waals surface area contributed by atoms with E-state index >= 15 is 0 Å². The quantitative estimate of drug-likeness (QED) is 0.799. The highest BCUT2D eigenvalue weighted by molar-refractivity contribution is 5.23. The zero-order valence-corrected chi connectivity index (χ0v) is 12.6. The number of rotatable bonds is 6. The molecule has 0 radical (unpaired) electrons. The summed E-state index contributed by atoms with van der Waals surface area (Å²) in [6, 6.07) is 10.0. The number of benzene rings is 1. The molecule has 0 spiro atoms. The molecule has 2 heteroatoms. The Morgan fingerprint density at radius 2 is 1.90 bits per heavy atom. The summed E-state index contributed by atoms with van der Waals surface area (Å²) in [7, 11) is 0. The predicted octanol–water partition coefficient (Wildman–Crippen LogP) is 3.13. The Hall–Kier alpha value is -1.12. The first-order valence-corrected chi connectivity index (χ1v) is 7.99. The molecular weight excluding hydrogens is 244 g/mol. The summed E-state index contributed by atoms with van der Waals surface area (Å²) in [5.41, 5.74) is 4.41. The molecule has 1 heterocycles. The van der Waals surface area contributed by atoms with Gasteiger partial charge in [0, 0.05) is 25.7 Å². The Labute approximate surface area is 122 Å². The van der Waals surface area contributed by atoms with Crippen LogP contribution in [0.1, 0.15) is 37.3 Å². The molecule has 108 valence electrons. The van der Waals surface area contributed by atoms with Crippen LogP contribution < -0.4 is 5.32 Å². The van der Waals surface area contributed by atoms with Crippen molar-refractivity contribution < 1.29 is 0 Å². The van der Waals surface area contributed by atoms with Crippen LogP contribution in [0.4, 0.5) is 0 Å². The van der Waals surface area contributed by atoms with Crippen LogP contribution in [0.2, 0.25) is 0 Å². The zero-order valence-electron chi connectivity index (χ0n) is 12.6. The fourth-order valence-corrected chi connectivity index (χ4v) is 2.90. The molecule has 2 nitrogen and oxygen atoms in total. The normalized spacial score (nSPS) is 19.9. The van der Waals surface area contributed by atoms with Gasteiger partial charge in [0.15, 0.2) is 0 Å². The lowest BCUT2D eigenvalue weighted by Crippen LogP contribution is -2.28. The molecule has 0 saturated heterocycles. The monoisotopic (exact) mass is 270 g/mol. The molecule has 3 rings (SSSR count). The fourth-order valence-electron chi connectivity index (χ4n) is 2.90. The summed E-state index contributed by atoms with van der Waals surface area (Å²) < 4.78 is 0. The minimum absolute atomic E-state index is 0.824. The van der Waals surface area contributed by atoms with Crippen LogP contribution in [0.15, 0.2) is 35.9 Å². The van der Waals surface area contributed by atoms with Crippen molar-refractivity contribution in [2.75, 3.05) is 19.6 Å². The van der Waals surface area contributed by atoms with Gasteiger partial charge in [-0.1, -0.05) is 35.9 Å². The van der Waals surface area contributed by atoms with E-state index in [1.54, 1.807) is 0 Å². The van der Waals surface area contributed by atoms with Crippen LogP contribution in [0.3, 0.4) is 0 Å². The van der Waals surface area contributed by atoms with E-state index in [2.05, 4.69) is 47.5 Å². The van der Waals surface area contributed by atoms with E-state index in [4.69, 9.17) is 0 Å². The predicted molar refractivity (Wildman–Crippen MR) is 84.8 cm³/mol. The van der Waals surface area contributed by atoms with Gasteiger partial charge >= 0.3 is 0 Å². The standard InChI is InChI=1S/C18H26N2/c1-15-3-2-12-20(13-15)14-17-6-4-16(5-7-17)10-11-19-18-8-9-18/h3-7,18-19H,2,8-14H2,1H3. The van der Waals surface area contributed by atoms with E-state index in [0.29, 0.717) is 0 Å². The van der Waals surface area contributed by atoms with Crippen molar-refractivity contribution in [3.63, 3.8) is 0 Å². The fraction of sp³-hybridized carbons (Fsp3) is 0.556. The highest BCUT2D eigenvalue weighted by atomic mass is 15.1. The Morgan fingerprint density at radius 1 is 1.15 bits per heavy atom. The van der Waals surface area contributed by atoms with Gasteiger partial charge in [-0.2, -0.15) is 0 Å². The van der Waals surface area contributed by atoms with E-state index < -0.39 is 0 Å². The summed E-state index contributed by atoms with van der Waals surface area (Å²) >= 11 is 0. The molecule has 0 aromatic heterocycles. The second-order valence-electron chi connectivity index (χ2n) is 6.34. The molecule has 2 aliphatic rings. The van der Waals surface area contributed by atoms with Gasteiger partial charge < -0.3 is 5.32 Å². The third kappa shape index (κ3) is 4.19. The summed E-state index contributed by atoms with van der Waals surface area (Å²) in [5, 5.41) is 3.58. The van der Waals surface area contributed by atoms with E-state index in [0.717, 1.165) is 32.1 Å². The van der Waals surface area contributed by atoms with Crippen LogP contribution in [0.25, 0.3) is 0 Å². The summed E-state index contributed by atoms with van der Waals surface area (Å²) in [6.07, 6.45) is 7.48. The zero-order chi connectivity index (χ0) is 13.8. The van der Waals surface area contributed by atoms with Crippen molar-refractivity contribution in [1.29, 1.82) is 0 Å². The maximum Gasteiger partial charge on any atom is 0.0237 e. The highest BCUT2D eigenvalue weighted by Gasteiger charge is 2.19. The summed E-state index contributed by atoms with van der Waals surface area (Å²) in [4.78, 5) is 2.54. The van der Waals surface area contributed by atoms with Crippen molar-refractivity contribution in [3.8, 4) is 0 Å². The average Bonchev–Trinajstić information content (AvgIpc) is 3.25. The van der Waals surface area contributed by atoms with Gasteiger partial charge in [-0.25, -0.2) is 0 Å². The maximum atomic E-state index is 3.58. The second-order valence-corrected chi connectivity index (χ2v) is 6.34. The molecule has 0 unspecified atom stereocenters. The summed E-state index contributed by atoms with van der Waals surface area (Å²) in [6.45, 7) is 6.78. The molecule has 0 atom stereocenters. The van der Waals surface area contributed by atoms with Crippen molar-refractivity contribution >= 4 is 0 Å². The second kappa shape index (κ2) is 6.55. The van der Waals surface area contributed by atoms with E-state index in [1.807, 2.05) is 0 Å². The van der Waals surface area contributed by atoms with Crippen molar-refractivity contribution in [2.45, 2.75) is 45.2 Å². The van der Waals surface area contributed by atoms with Gasteiger partial charge in [0.25, 0.3) is 0 Å². The lowest BCUT2D eigenvalue weighted by Gasteiger charge is -2.26. The van der Waals surface area contributed by atoms with Gasteiger partial charge in [0.2, 0.25) is 0 Å². The lowest BCUT2D eigenvalue weighted by atomic mass is 10.1. The van der Waals surface area contributed by atoms with Gasteiger partial charge in [0.05, 0.1) is 0 Å². The van der Waals surface area contributed by atoms with Gasteiger partial charge in [-0.3, -0.25) is 4.90 Å². The Bertz CT molecular complexity index is 457. The lowest BCUT2D eigenvalue weighted by molar-refractivity contribution is 0.282.